The zero-order chi connectivity index (χ0) is 9.84. The van der Waals surface area contributed by atoms with E-state index < -0.39 is 0 Å². The Morgan fingerprint density at radius 1 is 1.69 bits per heavy atom. The number of hydrogen-bond acceptors (Lipinski definition) is 3. The van der Waals surface area contributed by atoms with Crippen molar-refractivity contribution in [1.29, 1.82) is 0 Å². The molecule has 0 aliphatic carbocycles. The molecule has 3 nitrogen and oxygen atoms in total. The molecule has 0 saturated carbocycles. The van der Waals surface area contributed by atoms with Gasteiger partial charge in [-0.1, -0.05) is 11.6 Å². The Kier molecular flexibility index (Phi) is 3.51. The van der Waals surface area contributed by atoms with Gasteiger partial charge in [0.2, 0.25) is 0 Å². The Balaban J connectivity index is 2.83. The molecule has 0 amide bonds. The second kappa shape index (κ2) is 4.44. The second-order valence-corrected chi connectivity index (χ2v) is 3.36. The first-order valence-electron chi connectivity index (χ1n) is 4.13. The third kappa shape index (κ3) is 2.57. The van der Waals surface area contributed by atoms with Crippen LogP contribution >= 0.6 is 11.6 Å². The lowest BCUT2D eigenvalue weighted by atomic mass is 10.3. The molecule has 0 unspecified atom stereocenters. The van der Waals surface area contributed by atoms with Gasteiger partial charge >= 0.3 is 0 Å². The summed E-state index contributed by atoms with van der Waals surface area (Å²) >= 11 is 5.99. The molecule has 0 bridgehead atoms. The number of nitrogens with zero attached hydrogens (tertiary/aromatic N) is 1. The Morgan fingerprint density at radius 2 is 2.38 bits per heavy atom. The minimum atomic E-state index is -0.000648. The van der Waals surface area contributed by atoms with Crippen LogP contribution in [0.25, 0.3) is 0 Å². The first kappa shape index (κ1) is 10.3. The number of anilines is 1. The lowest BCUT2D eigenvalue weighted by Gasteiger charge is -2.13. The molecule has 0 aliphatic rings. The van der Waals surface area contributed by atoms with E-state index in [1.54, 1.807) is 12.3 Å². The van der Waals surface area contributed by atoms with Crippen molar-refractivity contribution in [3.05, 3.63) is 23.0 Å². The molecule has 0 aliphatic heterocycles. The van der Waals surface area contributed by atoms with Crippen molar-refractivity contribution in [2.75, 3.05) is 11.9 Å². The van der Waals surface area contributed by atoms with Gasteiger partial charge in [-0.2, -0.15) is 0 Å². The van der Waals surface area contributed by atoms with Crippen LogP contribution in [-0.4, -0.2) is 22.7 Å². The van der Waals surface area contributed by atoms with Crippen molar-refractivity contribution in [3.8, 4) is 0 Å². The van der Waals surface area contributed by atoms with Crippen molar-refractivity contribution < 1.29 is 5.11 Å². The van der Waals surface area contributed by atoms with Gasteiger partial charge in [0.25, 0.3) is 0 Å². The molecule has 72 valence electrons. The van der Waals surface area contributed by atoms with E-state index in [0.717, 1.165) is 11.4 Å². The molecule has 0 aromatic carbocycles. The highest BCUT2D eigenvalue weighted by Gasteiger charge is 2.05. The SMILES string of the molecule is Cc1nccc(N[C@@H](C)CO)c1Cl. The third-order valence-corrected chi connectivity index (χ3v) is 2.22. The van der Waals surface area contributed by atoms with E-state index in [0.29, 0.717) is 5.02 Å². The summed E-state index contributed by atoms with van der Waals surface area (Å²) in [5.41, 5.74) is 1.60. The van der Waals surface area contributed by atoms with Gasteiger partial charge in [0.1, 0.15) is 0 Å². The molecule has 1 atom stereocenters. The molecular formula is C9H13ClN2O. The maximum atomic E-state index is 8.84. The summed E-state index contributed by atoms with van der Waals surface area (Å²) < 4.78 is 0. The van der Waals surface area contributed by atoms with E-state index in [9.17, 15) is 0 Å². The monoisotopic (exact) mass is 200 g/mol. The summed E-state index contributed by atoms with van der Waals surface area (Å²) in [6, 6.07) is 1.79. The predicted molar refractivity (Wildman–Crippen MR) is 54.2 cm³/mol. The Morgan fingerprint density at radius 3 is 3.00 bits per heavy atom. The second-order valence-electron chi connectivity index (χ2n) is 2.99. The number of pyridine rings is 1. The van der Waals surface area contributed by atoms with Crippen molar-refractivity contribution in [3.63, 3.8) is 0 Å². The molecule has 0 fully saturated rings. The average molecular weight is 201 g/mol. The van der Waals surface area contributed by atoms with E-state index in [1.807, 2.05) is 13.8 Å². The van der Waals surface area contributed by atoms with Gasteiger partial charge in [-0.05, 0) is 19.9 Å². The fourth-order valence-corrected chi connectivity index (χ4v) is 1.14. The number of rotatable bonds is 3. The molecule has 4 heteroatoms. The summed E-state index contributed by atoms with van der Waals surface area (Å²) in [7, 11) is 0. The van der Waals surface area contributed by atoms with Gasteiger partial charge in [-0.15, -0.1) is 0 Å². The third-order valence-electron chi connectivity index (χ3n) is 1.74. The minimum Gasteiger partial charge on any atom is -0.394 e. The molecule has 0 saturated heterocycles. The number of aliphatic hydroxyl groups excluding tert-OH is 1. The summed E-state index contributed by atoms with van der Waals surface area (Å²) in [5.74, 6) is 0. The molecule has 0 spiro atoms. The van der Waals surface area contributed by atoms with Gasteiger partial charge in [-0.25, -0.2) is 0 Å². The number of hydrogen-bond donors (Lipinski definition) is 2. The van der Waals surface area contributed by atoms with Crippen molar-refractivity contribution in [1.82, 2.24) is 4.98 Å². The van der Waals surface area contributed by atoms with E-state index in [2.05, 4.69) is 10.3 Å². The highest BCUT2D eigenvalue weighted by atomic mass is 35.5. The Hall–Kier alpha value is -0.800. The van der Waals surface area contributed by atoms with Crippen LogP contribution in [0.5, 0.6) is 0 Å². The van der Waals surface area contributed by atoms with Crippen LogP contribution in [0.15, 0.2) is 12.3 Å². The number of aryl methyl sites for hydroxylation is 1. The summed E-state index contributed by atoms with van der Waals surface area (Å²) in [6.07, 6.45) is 1.69. The normalized spacial score (nSPS) is 12.6. The zero-order valence-electron chi connectivity index (χ0n) is 7.71. The van der Waals surface area contributed by atoms with Crippen LogP contribution in [-0.2, 0) is 0 Å². The summed E-state index contributed by atoms with van der Waals surface area (Å²) in [6.45, 7) is 3.81. The molecule has 0 radical (unpaired) electrons. The molecule has 1 aromatic heterocycles. The van der Waals surface area contributed by atoms with Gasteiger partial charge in [-0.3, -0.25) is 4.98 Å². The van der Waals surface area contributed by atoms with Crippen LogP contribution in [0.3, 0.4) is 0 Å². The maximum Gasteiger partial charge on any atom is 0.0849 e. The molecular weight excluding hydrogens is 188 g/mol. The van der Waals surface area contributed by atoms with E-state index in [1.165, 1.54) is 0 Å². The van der Waals surface area contributed by atoms with Crippen LogP contribution < -0.4 is 5.32 Å². The van der Waals surface area contributed by atoms with Crippen molar-refractivity contribution in [2.45, 2.75) is 19.9 Å². The largest absolute Gasteiger partial charge is 0.394 e. The topological polar surface area (TPSA) is 45.2 Å². The van der Waals surface area contributed by atoms with E-state index in [4.69, 9.17) is 16.7 Å². The smallest absolute Gasteiger partial charge is 0.0849 e. The number of aromatic nitrogens is 1. The zero-order valence-corrected chi connectivity index (χ0v) is 8.47. The molecule has 1 heterocycles. The van der Waals surface area contributed by atoms with E-state index >= 15 is 0 Å². The first-order valence-corrected chi connectivity index (χ1v) is 4.51. The lowest BCUT2D eigenvalue weighted by Crippen LogP contribution is -2.19. The molecule has 2 N–H and O–H groups in total. The van der Waals surface area contributed by atoms with Crippen LogP contribution in [0.1, 0.15) is 12.6 Å². The lowest BCUT2D eigenvalue weighted by molar-refractivity contribution is 0.281. The van der Waals surface area contributed by atoms with Crippen LogP contribution in [0, 0.1) is 6.92 Å². The average Bonchev–Trinajstić information content (AvgIpc) is 2.13. The van der Waals surface area contributed by atoms with Gasteiger partial charge in [0.05, 0.1) is 23.0 Å². The first-order chi connectivity index (χ1) is 6.15. The number of nitrogens with one attached hydrogen (secondary N) is 1. The summed E-state index contributed by atoms with van der Waals surface area (Å²) in [5, 5.41) is 12.5. The molecule has 1 aromatic rings. The predicted octanol–water partition coefficient (Wildman–Crippen LogP) is 1.84. The summed E-state index contributed by atoms with van der Waals surface area (Å²) in [4.78, 5) is 4.04. The van der Waals surface area contributed by atoms with Gasteiger partial charge < -0.3 is 10.4 Å². The molecule has 13 heavy (non-hydrogen) atoms. The Bertz CT molecular complexity index is 291. The fraction of sp³-hybridized carbons (Fsp3) is 0.444. The van der Waals surface area contributed by atoms with Crippen LogP contribution in [0.4, 0.5) is 5.69 Å². The van der Waals surface area contributed by atoms with Crippen LogP contribution in [0.2, 0.25) is 5.02 Å². The minimum absolute atomic E-state index is 0.000648. The Labute approximate surface area is 82.8 Å². The molecule has 1 rings (SSSR count). The van der Waals surface area contributed by atoms with E-state index in [-0.39, 0.29) is 12.6 Å². The quantitative estimate of drug-likeness (QED) is 0.783. The standard InChI is InChI=1S/C9H13ClN2O/c1-6(5-13)12-8-3-4-11-7(2)9(8)10/h3-4,6,13H,5H2,1-2H3,(H,11,12)/t6-/m0/s1. The van der Waals surface area contributed by atoms with Gasteiger partial charge in [0.15, 0.2) is 0 Å². The number of halogens is 1. The highest BCUT2D eigenvalue weighted by molar-refractivity contribution is 6.33. The van der Waals surface area contributed by atoms with Crippen molar-refractivity contribution in [2.24, 2.45) is 0 Å². The highest BCUT2D eigenvalue weighted by Crippen LogP contribution is 2.23. The number of aliphatic hydroxyl groups is 1. The van der Waals surface area contributed by atoms with Crippen molar-refractivity contribution >= 4 is 17.3 Å². The van der Waals surface area contributed by atoms with Gasteiger partial charge in [0, 0.05) is 12.2 Å². The fourth-order valence-electron chi connectivity index (χ4n) is 0.971. The maximum absolute atomic E-state index is 8.84.